The van der Waals surface area contributed by atoms with Crippen LogP contribution < -0.4 is 4.74 Å². The van der Waals surface area contributed by atoms with Crippen LogP contribution in [0.2, 0.25) is 10.0 Å². The van der Waals surface area contributed by atoms with E-state index in [2.05, 4.69) is 0 Å². The van der Waals surface area contributed by atoms with Crippen molar-refractivity contribution in [2.75, 3.05) is 0 Å². The average molecular weight is 331 g/mol. The van der Waals surface area contributed by atoms with E-state index in [-0.39, 0.29) is 5.97 Å². The summed E-state index contributed by atoms with van der Waals surface area (Å²) in [5.41, 5.74) is 1.96. The van der Waals surface area contributed by atoms with Gasteiger partial charge in [-0.1, -0.05) is 59.6 Å². The molecule has 2 nitrogen and oxygen atoms in total. The maximum atomic E-state index is 11.2. The highest BCUT2D eigenvalue weighted by Gasteiger charge is 2.10. The Balaban J connectivity index is 2.23. The van der Waals surface area contributed by atoms with Crippen molar-refractivity contribution >= 4 is 39.9 Å². The third kappa shape index (κ3) is 2.80. The van der Waals surface area contributed by atoms with Crippen LogP contribution in [-0.2, 0) is 4.79 Å². The third-order valence-electron chi connectivity index (χ3n) is 3.37. The van der Waals surface area contributed by atoms with Crippen molar-refractivity contribution in [1.82, 2.24) is 0 Å². The Morgan fingerprint density at radius 2 is 1.64 bits per heavy atom. The van der Waals surface area contributed by atoms with E-state index in [1.807, 2.05) is 42.5 Å². The Bertz CT molecular complexity index is 872. The van der Waals surface area contributed by atoms with Gasteiger partial charge in [0.05, 0.1) is 10.0 Å². The Hall–Kier alpha value is -2.03. The summed E-state index contributed by atoms with van der Waals surface area (Å²) >= 11 is 12.1. The van der Waals surface area contributed by atoms with Gasteiger partial charge in [-0.05, 0) is 34.7 Å². The van der Waals surface area contributed by atoms with Crippen LogP contribution in [0.4, 0.5) is 0 Å². The molecule has 0 spiro atoms. The maximum Gasteiger partial charge on any atom is 0.308 e. The number of rotatable bonds is 2. The normalized spacial score (nSPS) is 10.7. The molecule has 0 unspecified atom stereocenters. The summed E-state index contributed by atoms with van der Waals surface area (Å²) in [5.74, 6) is 0.208. The molecule has 0 radical (unpaired) electrons. The van der Waals surface area contributed by atoms with Gasteiger partial charge in [-0.3, -0.25) is 4.79 Å². The molecule has 22 heavy (non-hydrogen) atoms. The van der Waals surface area contributed by atoms with E-state index in [9.17, 15) is 4.79 Å². The molecule has 0 saturated heterocycles. The maximum absolute atomic E-state index is 11.2. The highest BCUT2D eigenvalue weighted by Crippen LogP contribution is 2.36. The zero-order valence-corrected chi connectivity index (χ0v) is 13.3. The molecule has 0 heterocycles. The number of esters is 1. The second-order valence-electron chi connectivity index (χ2n) is 4.88. The van der Waals surface area contributed by atoms with Crippen molar-refractivity contribution in [2.45, 2.75) is 6.92 Å². The topological polar surface area (TPSA) is 26.3 Å². The molecule has 4 heteroatoms. The number of ether oxygens (including phenoxy) is 1. The Morgan fingerprint density at radius 3 is 2.32 bits per heavy atom. The quantitative estimate of drug-likeness (QED) is 0.442. The minimum atomic E-state index is -0.340. The molecule has 0 aliphatic carbocycles. The summed E-state index contributed by atoms with van der Waals surface area (Å²) in [6, 6.07) is 17.0. The van der Waals surface area contributed by atoms with Crippen LogP contribution in [-0.4, -0.2) is 5.97 Å². The fourth-order valence-corrected chi connectivity index (χ4v) is 2.73. The first-order valence-electron chi connectivity index (χ1n) is 6.72. The van der Waals surface area contributed by atoms with Gasteiger partial charge in [-0.15, -0.1) is 0 Å². The molecule has 0 N–H and O–H groups in total. The number of hydrogen-bond acceptors (Lipinski definition) is 2. The van der Waals surface area contributed by atoms with Crippen molar-refractivity contribution < 1.29 is 9.53 Å². The molecule has 0 atom stereocenters. The third-order valence-corrected chi connectivity index (χ3v) is 4.11. The largest absolute Gasteiger partial charge is 0.426 e. The Labute approximate surface area is 138 Å². The molecule has 0 bridgehead atoms. The van der Waals surface area contributed by atoms with E-state index in [1.54, 1.807) is 12.1 Å². The lowest BCUT2D eigenvalue weighted by molar-refractivity contribution is -0.131. The smallest absolute Gasteiger partial charge is 0.308 e. The molecule has 0 aliphatic rings. The van der Waals surface area contributed by atoms with E-state index in [1.165, 1.54) is 6.92 Å². The molecular weight excluding hydrogens is 319 g/mol. The molecule has 0 aliphatic heterocycles. The van der Waals surface area contributed by atoms with Crippen LogP contribution in [0.25, 0.3) is 21.9 Å². The van der Waals surface area contributed by atoms with Gasteiger partial charge < -0.3 is 4.74 Å². The zero-order valence-electron chi connectivity index (χ0n) is 11.8. The summed E-state index contributed by atoms with van der Waals surface area (Å²) in [4.78, 5) is 11.2. The van der Waals surface area contributed by atoms with Crippen molar-refractivity contribution in [3.8, 4) is 16.9 Å². The van der Waals surface area contributed by atoms with Gasteiger partial charge in [-0.2, -0.15) is 0 Å². The molecular formula is C18H12Cl2O2. The van der Waals surface area contributed by atoms with Crippen molar-refractivity contribution in [2.24, 2.45) is 0 Å². The number of benzene rings is 3. The highest BCUT2D eigenvalue weighted by atomic mass is 35.5. The van der Waals surface area contributed by atoms with E-state index < -0.39 is 0 Å². The lowest BCUT2D eigenvalue weighted by Gasteiger charge is -2.11. The number of halogens is 2. The molecule has 0 saturated carbocycles. The second kappa shape index (κ2) is 5.99. The van der Waals surface area contributed by atoms with Gasteiger partial charge in [0.15, 0.2) is 0 Å². The first-order chi connectivity index (χ1) is 10.6. The molecule has 0 aromatic heterocycles. The summed E-state index contributed by atoms with van der Waals surface area (Å²) in [6.07, 6.45) is 0. The zero-order chi connectivity index (χ0) is 15.7. The van der Waals surface area contributed by atoms with Gasteiger partial charge in [0.25, 0.3) is 0 Å². The minimum Gasteiger partial charge on any atom is -0.426 e. The summed E-state index contributed by atoms with van der Waals surface area (Å²) in [7, 11) is 0. The van der Waals surface area contributed by atoms with Gasteiger partial charge >= 0.3 is 5.97 Å². The van der Waals surface area contributed by atoms with Gasteiger partial charge in [0.1, 0.15) is 5.75 Å². The Morgan fingerprint density at radius 1 is 0.909 bits per heavy atom. The summed E-state index contributed by atoms with van der Waals surface area (Å²) < 4.78 is 5.28. The molecule has 3 aromatic carbocycles. The summed E-state index contributed by atoms with van der Waals surface area (Å²) in [5, 5.41) is 2.89. The van der Waals surface area contributed by atoms with Crippen LogP contribution in [0.15, 0.2) is 54.6 Å². The lowest BCUT2D eigenvalue weighted by atomic mass is 9.98. The first-order valence-corrected chi connectivity index (χ1v) is 7.47. The van der Waals surface area contributed by atoms with E-state index >= 15 is 0 Å². The van der Waals surface area contributed by atoms with E-state index in [4.69, 9.17) is 27.9 Å². The molecule has 0 amide bonds. The average Bonchev–Trinajstić information content (AvgIpc) is 2.50. The van der Waals surface area contributed by atoms with Crippen molar-refractivity contribution in [3.05, 3.63) is 64.6 Å². The van der Waals surface area contributed by atoms with Crippen LogP contribution in [0.1, 0.15) is 6.92 Å². The lowest BCUT2D eigenvalue weighted by Crippen LogP contribution is -2.01. The second-order valence-corrected chi connectivity index (χ2v) is 5.69. The number of carbonyl (C=O) groups is 1. The first kappa shape index (κ1) is 14.9. The van der Waals surface area contributed by atoms with Gasteiger partial charge in [0, 0.05) is 12.3 Å². The van der Waals surface area contributed by atoms with Gasteiger partial charge in [0.2, 0.25) is 0 Å². The summed E-state index contributed by atoms with van der Waals surface area (Å²) in [6.45, 7) is 1.39. The number of hydrogen-bond donors (Lipinski definition) is 0. The van der Waals surface area contributed by atoms with Crippen LogP contribution >= 0.6 is 23.2 Å². The standard InChI is InChI=1S/C18H12Cl2O2/c1-11(21)22-18-9-7-13(14-4-2-3-5-15(14)18)12-6-8-16(19)17(20)10-12/h2-10H,1H3. The predicted octanol–water partition coefficient (Wildman–Crippen LogP) is 5.74. The van der Waals surface area contributed by atoms with E-state index in [0.717, 1.165) is 21.9 Å². The fourth-order valence-electron chi connectivity index (χ4n) is 2.43. The van der Waals surface area contributed by atoms with Crippen molar-refractivity contribution in [1.29, 1.82) is 0 Å². The SMILES string of the molecule is CC(=O)Oc1ccc(-c2ccc(Cl)c(Cl)c2)c2ccccc12. The molecule has 3 aromatic rings. The monoisotopic (exact) mass is 330 g/mol. The van der Waals surface area contributed by atoms with Gasteiger partial charge in [-0.25, -0.2) is 0 Å². The highest BCUT2D eigenvalue weighted by molar-refractivity contribution is 6.42. The Kier molecular flexibility index (Phi) is 4.06. The molecule has 0 fully saturated rings. The van der Waals surface area contributed by atoms with E-state index in [0.29, 0.717) is 15.8 Å². The van der Waals surface area contributed by atoms with Crippen LogP contribution in [0.5, 0.6) is 5.75 Å². The number of fused-ring (bicyclic) bond motifs is 1. The fraction of sp³-hybridized carbons (Fsp3) is 0.0556. The molecule has 3 rings (SSSR count). The van der Waals surface area contributed by atoms with Crippen molar-refractivity contribution in [3.63, 3.8) is 0 Å². The molecule has 110 valence electrons. The minimum absolute atomic E-state index is 0.340. The number of carbonyl (C=O) groups excluding carboxylic acids is 1. The van der Waals surface area contributed by atoms with Crippen LogP contribution in [0, 0.1) is 0 Å². The van der Waals surface area contributed by atoms with Crippen LogP contribution in [0.3, 0.4) is 0 Å². The predicted molar refractivity (Wildman–Crippen MR) is 90.7 cm³/mol.